The minimum Gasteiger partial charge on any atom is -0.340 e. The maximum absolute atomic E-state index is 12.9. The van der Waals surface area contributed by atoms with E-state index in [1.807, 2.05) is 50.2 Å². The van der Waals surface area contributed by atoms with Crippen molar-refractivity contribution in [1.82, 2.24) is 4.90 Å². The standard InChI is InChI=1S/C20H26N2O3S/c1-15-11-16(2)13-19(12-15)22(26(5,24)25)17(3)20(23)21(4)14-18-9-7-6-8-10-18/h6-13,17H,14H2,1-5H3/t17-/m0/s1. The van der Waals surface area contributed by atoms with Gasteiger partial charge in [-0.1, -0.05) is 36.4 Å². The van der Waals surface area contributed by atoms with Crippen LogP contribution in [0.2, 0.25) is 0 Å². The van der Waals surface area contributed by atoms with Gasteiger partial charge in [-0.15, -0.1) is 0 Å². The number of sulfonamides is 1. The van der Waals surface area contributed by atoms with Crippen molar-refractivity contribution in [3.63, 3.8) is 0 Å². The van der Waals surface area contributed by atoms with Crippen LogP contribution < -0.4 is 4.31 Å². The van der Waals surface area contributed by atoms with Crippen molar-refractivity contribution in [3.05, 3.63) is 65.2 Å². The van der Waals surface area contributed by atoms with E-state index in [0.29, 0.717) is 12.2 Å². The zero-order valence-electron chi connectivity index (χ0n) is 15.9. The van der Waals surface area contributed by atoms with E-state index in [9.17, 15) is 13.2 Å². The topological polar surface area (TPSA) is 57.7 Å². The van der Waals surface area contributed by atoms with Gasteiger partial charge < -0.3 is 4.90 Å². The van der Waals surface area contributed by atoms with Gasteiger partial charge in [-0.25, -0.2) is 8.42 Å². The molecule has 140 valence electrons. The second kappa shape index (κ2) is 7.91. The summed E-state index contributed by atoms with van der Waals surface area (Å²) < 4.78 is 26.1. The van der Waals surface area contributed by atoms with Crippen LogP contribution in [0.3, 0.4) is 0 Å². The smallest absolute Gasteiger partial charge is 0.246 e. The molecule has 0 aliphatic heterocycles. The first-order valence-electron chi connectivity index (χ1n) is 8.46. The van der Waals surface area contributed by atoms with Crippen molar-refractivity contribution in [1.29, 1.82) is 0 Å². The Kier molecular flexibility index (Phi) is 6.08. The Morgan fingerprint density at radius 3 is 2.08 bits per heavy atom. The van der Waals surface area contributed by atoms with Crippen LogP contribution in [0.5, 0.6) is 0 Å². The molecule has 2 aromatic rings. The molecule has 0 aliphatic carbocycles. The summed E-state index contributed by atoms with van der Waals surface area (Å²) >= 11 is 0. The number of benzene rings is 2. The molecule has 6 heteroatoms. The Bertz CT molecular complexity index is 859. The zero-order chi connectivity index (χ0) is 19.5. The van der Waals surface area contributed by atoms with Crippen LogP contribution >= 0.6 is 0 Å². The van der Waals surface area contributed by atoms with E-state index in [1.165, 1.54) is 4.31 Å². The number of rotatable bonds is 6. The fourth-order valence-corrected chi connectivity index (χ4v) is 4.29. The van der Waals surface area contributed by atoms with Gasteiger partial charge >= 0.3 is 0 Å². The highest BCUT2D eigenvalue weighted by Gasteiger charge is 2.31. The molecule has 0 saturated carbocycles. The highest BCUT2D eigenvalue weighted by atomic mass is 32.2. The molecule has 0 unspecified atom stereocenters. The molecular formula is C20H26N2O3S. The SMILES string of the molecule is Cc1cc(C)cc(N([C@@H](C)C(=O)N(C)Cc2ccccc2)S(C)(=O)=O)c1. The molecule has 1 amide bonds. The van der Waals surface area contributed by atoms with Crippen molar-refractivity contribution >= 4 is 21.6 Å². The summed E-state index contributed by atoms with van der Waals surface area (Å²) in [6.45, 7) is 5.87. The van der Waals surface area contributed by atoms with Crippen LogP contribution in [0.1, 0.15) is 23.6 Å². The first-order valence-corrected chi connectivity index (χ1v) is 10.3. The van der Waals surface area contributed by atoms with E-state index in [1.54, 1.807) is 31.0 Å². The quantitative estimate of drug-likeness (QED) is 0.781. The van der Waals surface area contributed by atoms with E-state index in [0.717, 1.165) is 22.9 Å². The first kappa shape index (κ1) is 20.0. The second-order valence-corrected chi connectivity index (χ2v) is 8.62. The predicted molar refractivity (Wildman–Crippen MR) is 106 cm³/mol. The van der Waals surface area contributed by atoms with Crippen LogP contribution in [-0.2, 0) is 21.4 Å². The average molecular weight is 375 g/mol. The molecule has 0 saturated heterocycles. The van der Waals surface area contributed by atoms with Crippen LogP contribution in [0.15, 0.2) is 48.5 Å². The van der Waals surface area contributed by atoms with Gasteiger partial charge in [0.05, 0.1) is 11.9 Å². The summed E-state index contributed by atoms with van der Waals surface area (Å²) in [5.41, 5.74) is 3.41. The Morgan fingerprint density at radius 2 is 1.58 bits per heavy atom. The van der Waals surface area contributed by atoms with Gasteiger partial charge in [0.2, 0.25) is 15.9 Å². The summed E-state index contributed by atoms with van der Waals surface area (Å²) in [5, 5.41) is 0. The van der Waals surface area contributed by atoms with Gasteiger partial charge in [-0.05, 0) is 49.6 Å². The molecule has 0 N–H and O–H groups in total. The average Bonchev–Trinajstić information content (AvgIpc) is 2.52. The largest absolute Gasteiger partial charge is 0.340 e. The summed E-state index contributed by atoms with van der Waals surface area (Å²) in [6.07, 6.45) is 1.13. The molecule has 0 radical (unpaired) electrons. The molecule has 2 aromatic carbocycles. The summed E-state index contributed by atoms with van der Waals surface area (Å²) in [4.78, 5) is 14.5. The molecule has 0 aromatic heterocycles. The molecule has 5 nitrogen and oxygen atoms in total. The molecule has 0 spiro atoms. The lowest BCUT2D eigenvalue weighted by Gasteiger charge is -2.31. The number of amides is 1. The Balaban J connectivity index is 2.31. The molecule has 26 heavy (non-hydrogen) atoms. The number of nitrogens with zero attached hydrogens (tertiary/aromatic N) is 2. The van der Waals surface area contributed by atoms with Crippen molar-refractivity contribution in [2.75, 3.05) is 17.6 Å². The van der Waals surface area contributed by atoms with Crippen molar-refractivity contribution in [2.24, 2.45) is 0 Å². The molecule has 0 bridgehead atoms. The van der Waals surface area contributed by atoms with Gasteiger partial charge in [0.1, 0.15) is 6.04 Å². The fourth-order valence-electron chi connectivity index (χ4n) is 3.13. The number of carbonyl (C=O) groups excluding carboxylic acids is 1. The molecule has 0 aliphatic rings. The van der Waals surface area contributed by atoms with E-state index in [-0.39, 0.29) is 5.91 Å². The third-order valence-corrected chi connectivity index (χ3v) is 5.41. The van der Waals surface area contributed by atoms with Crippen molar-refractivity contribution in [3.8, 4) is 0 Å². The summed E-state index contributed by atoms with van der Waals surface area (Å²) in [7, 11) is -1.93. The number of likely N-dealkylation sites (N-methyl/N-ethyl adjacent to an activating group) is 1. The van der Waals surface area contributed by atoms with E-state index >= 15 is 0 Å². The Hall–Kier alpha value is -2.34. The lowest BCUT2D eigenvalue weighted by molar-refractivity contribution is -0.131. The van der Waals surface area contributed by atoms with Crippen molar-refractivity contribution < 1.29 is 13.2 Å². The van der Waals surface area contributed by atoms with Crippen LogP contribution in [0.25, 0.3) is 0 Å². The lowest BCUT2D eigenvalue weighted by atomic mass is 10.1. The van der Waals surface area contributed by atoms with Crippen molar-refractivity contribution in [2.45, 2.75) is 33.4 Å². The van der Waals surface area contributed by atoms with Gasteiger partial charge in [0, 0.05) is 13.6 Å². The van der Waals surface area contributed by atoms with E-state index in [4.69, 9.17) is 0 Å². The maximum atomic E-state index is 12.9. The Labute approximate surface area is 156 Å². The predicted octanol–water partition coefficient (Wildman–Crippen LogP) is 3.12. The molecule has 2 rings (SSSR count). The molecule has 0 heterocycles. The third-order valence-electron chi connectivity index (χ3n) is 4.17. The van der Waals surface area contributed by atoms with Gasteiger partial charge in [-0.2, -0.15) is 0 Å². The van der Waals surface area contributed by atoms with Crippen LogP contribution in [0, 0.1) is 13.8 Å². The van der Waals surface area contributed by atoms with E-state index < -0.39 is 16.1 Å². The van der Waals surface area contributed by atoms with Gasteiger partial charge in [0.25, 0.3) is 0 Å². The van der Waals surface area contributed by atoms with Gasteiger partial charge in [-0.3, -0.25) is 9.10 Å². The highest BCUT2D eigenvalue weighted by molar-refractivity contribution is 7.92. The van der Waals surface area contributed by atoms with Crippen LogP contribution in [-0.4, -0.2) is 38.6 Å². The normalized spacial score (nSPS) is 12.5. The first-order chi connectivity index (χ1) is 12.1. The van der Waals surface area contributed by atoms with Crippen LogP contribution in [0.4, 0.5) is 5.69 Å². The minimum atomic E-state index is -3.62. The lowest BCUT2D eigenvalue weighted by Crippen LogP contribution is -2.48. The number of aryl methyl sites for hydroxylation is 2. The fraction of sp³-hybridized carbons (Fsp3) is 0.350. The molecular weight excluding hydrogens is 348 g/mol. The number of carbonyl (C=O) groups is 1. The number of hydrogen-bond acceptors (Lipinski definition) is 3. The third kappa shape index (κ3) is 4.85. The minimum absolute atomic E-state index is 0.251. The van der Waals surface area contributed by atoms with E-state index in [2.05, 4.69) is 0 Å². The zero-order valence-corrected chi connectivity index (χ0v) is 16.7. The number of anilines is 1. The van der Waals surface area contributed by atoms with Gasteiger partial charge in [0.15, 0.2) is 0 Å². The second-order valence-electron chi connectivity index (χ2n) is 6.76. The number of hydrogen-bond donors (Lipinski definition) is 0. The Morgan fingerprint density at radius 1 is 1.04 bits per heavy atom. The summed E-state index contributed by atoms with van der Waals surface area (Å²) in [6, 6.07) is 14.3. The molecule has 1 atom stereocenters. The maximum Gasteiger partial charge on any atom is 0.246 e. The molecule has 0 fully saturated rings. The summed E-state index contributed by atoms with van der Waals surface area (Å²) in [5.74, 6) is -0.251. The monoisotopic (exact) mass is 374 g/mol. The highest BCUT2D eigenvalue weighted by Crippen LogP contribution is 2.24.